The van der Waals surface area contributed by atoms with E-state index < -0.39 is 10.0 Å². The molecule has 1 aromatic rings. The monoisotopic (exact) mass is 360 g/mol. The van der Waals surface area contributed by atoms with Gasteiger partial charge in [-0.2, -0.15) is 0 Å². The molecule has 1 rings (SSSR count). The summed E-state index contributed by atoms with van der Waals surface area (Å²) in [5.41, 5.74) is 0. The van der Waals surface area contributed by atoms with E-state index in [1.165, 1.54) is 18.4 Å². The van der Waals surface area contributed by atoms with Gasteiger partial charge in [0.25, 0.3) is 0 Å². The second kappa shape index (κ2) is 10.6. The third-order valence-electron chi connectivity index (χ3n) is 3.50. The fourth-order valence-corrected chi connectivity index (χ4v) is 2.89. The van der Waals surface area contributed by atoms with Gasteiger partial charge in [-0.3, -0.25) is 4.90 Å². The van der Waals surface area contributed by atoms with Crippen LogP contribution < -0.4 is 4.74 Å². The van der Waals surface area contributed by atoms with Crippen LogP contribution in [0, 0.1) is 0 Å². The largest absolute Gasteiger partial charge is 0.492 e. The van der Waals surface area contributed by atoms with Crippen LogP contribution in [0.25, 0.3) is 0 Å². The quantitative estimate of drug-likeness (QED) is 0.552. The minimum absolute atomic E-state index is 0.252. The molecule has 0 aromatic heterocycles. The van der Waals surface area contributed by atoms with Crippen molar-refractivity contribution in [3.63, 3.8) is 0 Å². The van der Waals surface area contributed by atoms with E-state index in [1.807, 2.05) is 0 Å². The number of sulfonamides is 1. The Morgan fingerprint density at radius 3 is 1.83 bits per heavy atom. The maximum Gasteiger partial charge on any atom is 0.242 e. The van der Waals surface area contributed by atoms with Crippen LogP contribution in [0.4, 0.5) is 0 Å². The highest BCUT2D eigenvalue weighted by molar-refractivity contribution is 7.89. The molecule has 0 heterocycles. The summed E-state index contributed by atoms with van der Waals surface area (Å²) in [6, 6.07) is 6.45. The molecule has 0 bridgehead atoms. The maximum absolute atomic E-state index is 12.0. The molecule has 0 atom stereocenters. The molecule has 8 heteroatoms. The highest BCUT2D eigenvalue weighted by Gasteiger charge is 2.16. The van der Waals surface area contributed by atoms with Crippen molar-refractivity contribution < 1.29 is 22.6 Å². The Morgan fingerprint density at radius 2 is 1.38 bits per heavy atom. The van der Waals surface area contributed by atoms with Crippen LogP contribution in [-0.2, 0) is 19.5 Å². The molecule has 0 unspecified atom stereocenters. The smallest absolute Gasteiger partial charge is 0.242 e. The van der Waals surface area contributed by atoms with Crippen LogP contribution >= 0.6 is 0 Å². The van der Waals surface area contributed by atoms with Crippen molar-refractivity contribution in [2.45, 2.75) is 4.90 Å². The topological polar surface area (TPSA) is 68.3 Å². The van der Waals surface area contributed by atoms with Gasteiger partial charge in [-0.25, -0.2) is 12.7 Å². The molecular weight excluding hydrogens is 332 g/mol. The lowest BCUT2D eigenvalue weighted by Crippen LogP contribution is -2.34. The van der Waals surface area contributed by atoms with Gasteiger partial charge in [0.1, 0.15) is 12.4 Å². The number of benzene rings is 1. The van der Waals surface area contributed by atoms with E-state index >= 15 is 0 Å². The molecule has 0 aliphatic rings. The first-order valence-electron chi connectivity index (χ1n) is 7.77. The molecule has 0 aliphatic carbocycles. The van der Waals surface area contributed by atoms with E-state index in [1.54, 1.807) is 38.5 Å². The number of hydrogen-bond acceptors (Lipinski definition) is 6. The summed E-state index contributed by atoms with van der Waals surface area (Å²) in [4.78, 5) is 2.44. The predicted molar refractivity (Wildman–Crippen MR) is 93.0 cm³/mol. The summed E-state index contributed by atoms with van der Waals surface area (Å²) < 4.78 is 41.1. The Morgan fingerprint density at radius 1 is 0.875 bits per heavy atom. The van der Waals surface area contributed by atoms with E-state index in [0.29, 0.717) is 25.6 Å². The molecule has 0 spiro atoms. The molecule has 0 fully saturated rings. The molecular formula is C16H28N2O5S. The number of nitrogens with zero attached hydrogens (tertiary/aromatic N) is 2. The van der Waals surface area contributed by atoms with Crippen molar-refractivity contribution in [1.29, 1.82) is 0 Å². The van der Waals surface area contributed by atoms with E-state index in [0.717, 1.165) is 19.6 Å². The Hall–Kier alpha value is -1.19. The van der Waals surface area contributed by atoms with Crippen LogP contribution in [0.3, 0.4) is 0 Å². The third-order valence-corrected chi connectivity index (χ3v) is 5.33. The SMILES string of the molecule is COCCN(CCOC)CCOc1ccc(S(=O)(=O)N(C)C)cc1. The molecule has 0 radical (unpaired) electrons. The molecule has 0 saturated heterocycles. The standard InChI is InChI=1S/C16H28N2O5S/c1-17(2)24(19,20)16-7-5-15(6-8-16)23-14-11-18(9-12-21-3)10-13-22-4/h5-8H,9-14H2,1-4H3. The molecule has 1 aromatic carbocycles. The Labute approximate surface area is 145 Å². The Kier molecular flexibility index (Phi) is 9.24. The van der Waals surface area contributed by atoms with Gasteiger partial charge < -0.3 is 14.2 Å². The van der Waals surface area contributed by atoms with Gasteiger partial charge in [0.15, 0.2) is 0 Å². The van der Waals surface area contributed by atoms with E-state index in [-0.39, 0.29) is 4.90 Å². The predicted octanol–water partition coefficient (Wildman–Crippen LogP) is 0.911. The Bertz CT molecular complexity index is 552. The van der Waals surface area contributed by atoms with Crippen molar-refractivity contribution in [2.75, 3.05) is 67.8 Å². The highest BCUT2D eigenvalue weighted by atomic mass is 32.2. The number of rotatable bonds is 12. The number of ether oxygens (including phenoxy) is 3. The van der Waals surface area contributed by atoms with Crippen LogP contribution in [0.2, 0.25) is 0 Å². The summed E-state index contributed by atoms with van der Waals surface area (Å²) in [6.07, 6.45) is 0. The second-order valence-corrected chi connectivity index (χ2v) is 7.59. The van der Waals surface area contributed by atoms with Gasteiger partial charge >= 0.3 is 0 Å². The summed E-state index contributed by atoms with van der Waals surface area (Å²) in [7, 11) is 2.96. The third kappa shape index (κ3) is 6.74. The van der Waals surface area contributed by atoms with Crippen molar-refractivity contribution in [3.05, 3.63) is 24.3 Å². The lowest BCUT2D eigenvalue weighted by atomic mass is 10.3. The first-order valence-corrected chi connectivity index (χ1v) is 9.21. The molecule has 0 amide bonds. The van der Waals surface area contributed by atoms with E-state index in [2.05, 4.69) is 4.90 Å². The average molecular weight is 360 g/mol. The van der Waals surface area contributed by atoms with E-state index in [9.17, 15) is 8.42 Å². The lowest BCUT2D eigenvalue weighted by molar-refractivity contribution is 0.104. The van der Waals surface area contributed by atoms with Gasteiger partial charge in [0.05, 0.1) is 18.1 Å². The van der Waals surface area contributed by atoms with Gasteiger partial charge in [-0.15, -0.1) is 0 Å². The zero-order chi connectivity index (χ0) is 18.0. The summed E-state index contributed by atoms with van der Waals surface area (Å²) >= 11 is 0. The minimum atomic E-state index is -3.41. The van der Waals surface area contributed by atoms with Crippen LogP contribution in [0.5, 0.6) is 5.75 Å². The fourth-order valence-electron chi connectivity index (χ4n) is 1.99. The molecule has 0 N–H and O–H groups in total. The molecule has 7 nitrogen and oxygen atoms in total. The number of hydrogen-bond donors (Lipinski definition) is 0. The summed E-state index contributed by atoms with van der Waals surface area (Å²) in [6.45, 7) is 4.17. The van der Waals surface area contributed by atoms with Crippen molar-refractivity contribution in [1.82, 2.24) is 9.21 Å². The minimum Gasteiger partial charge on any atom is -0.492 e. The molecule has 138 valence electrons. The van der Waals surface area contributed by atoms with E-state index in [4.69, 9.17) is 14.2 Å². The van der Waals surface area contributed by atoms with Gasteiger partial charge in [0.2, 0.25) is 10.0 Å². The number of methoxy groups -OCH3 is 2. The highest BCUT2D eigenvalue weighted by Crippen LogP contribution is 2.18. The normalized spacial score (nSPS) is 12.1. The lowest BCUT2D eigenvalue weighted by Gasteiger charge is -2.21. The maximum atomic E-state index is 12.0. The molecule has 0 aliphatic heterocycles. The first-order chi connectivity index (χ1) is 11.4. The van der Waals surface area contributed by atoms with Gasteiger partial charge in [-0.05, 0) is 24.3 Å². The first kappa shape index (κ1) is 20.9. The zero-order valence-electron chi connectivity index (χ0n) is 14.9. The van der Waals surface area contributed by atoms with Gasteiger partial charge in [-0.1, -0.05) is 0 Å². The molecule has 0 saturated carbocycles. The summed E-state index contributed by atoms with van der Waals surface area (Å²) in [5, 5.41) is 0. The van der Waals surface area contributed by atoms with Crippen LogP contribution in [0.1, 0.15) is 0 Å². The average Bonchev–Trinajstić information content (AvgIpc) is 2.57. The summed E-state index contributed by atoms with van der Waals surface area (Å²) in [5.74, 6) is 0.645. The van der Waals surface area contributed by atoms with Crippen molar-refractivity contribution >= 4 is 10.0 Å². The van der Waals surface area contributed by atoms with Crippen LogP contribution in [-0.4, -0.2) is 85.4 Å². The van der Waals surface area contributed by atoms with Gasteiger partial charge in [0, 0.05) is 47.9 Å². The molecule has 24 heavy (non-hydrogen) atoms. The second-order valence-electron chi connectivity index (χ2n) is 5.43. The van der Waals surface area contributed by atoms with Crippen molar-refractivity contribution in [2.24, 2.45) is 0 Å². The zero-order valence-corrected chi connectivity index (χ0v) is 15.7. The van der Waals surface area contributed by atoms with Crippen LogP contribution in [0.15, 0.2) is 29.2 Å². The van der Waals surface area contributed by atoms with Crippen molar-refractivity contribution in [3.8, 4) is 5.75 Å². The Balaban J connectivity index is 2.51. The fraction of sp³-hybridized carbons (Fsp3) is 0.625.